The lowest BCUT2D eigenvalue weighted by Crippen LogP contribution is -2.06. The summed E-state index contributed by atoms with van der Waals surface area (Å²) in [5.41, 5.74) is 1.32. The summed E-state index contributed by atoms with van der Waals surface area (Å²) in [6.45, 7) is 0. The van der Waals surface area contributed by atoms with Gasteiger partial charge in [-0.1, -0.05) is 0 Å². The smallest absolute Gasteiger partial charge is 0.307 e. The molecule has 3 rings (SSSR count). The van der Waals surface area contributed by atoms with Crippen LogP contribution in [0.1, 0.15) is 0 Å². The van der Waals surface area contributed by atoms with E-state index in [1.165, 1.54) is 25.3 Å². The minimum absolute atomic E-state index is 0.0937. The second-order valence-electron chi connectivity index (χ2n) is 5.54. The Hall–Kier alpha value is -2.86. The molecule has 0 saturated heterocycles. The number of nitrogens with one attached hydrogen (secondary N) is 1. The molecule has 12 heteroatoms. The molecule has 0 bridgehead atoms. The molecule has 0 saturated carbocycles. The average molecular weight is 413 g/mol. The maximum atomic E-state index is 11.3. The van der Waals surface area contributed by atoms with Gasteiger partial charge in [0.05, 0.1) is 30.7 Å². The molecular formula is C15H15N3O7S2. The van der Waals surface area contributed by atoms with Crippen LogP contribution in [-0.2, 0) is 20.2 Å². The van der Waals surface area contributed by atoms with Crippen molar-refractivity contribution in [2.24, 2.45) is 0 Å². The molecule has 0 aliphatic heterocycles. The molecular weight excluding hydrogens is 398 g/mol. The van der Waals surface area contributed by atoms with Crippen molar-refractivity contribution in [2.75, 3.05) is 19.6 Å². The predicted octanol–water partition coefficient (Wildman–Crippen LogP) is 1.31. The number of rotatable bonds is 6. The van der Waals surface area contributed by atoms with Gasteiger partial charge in [0.1, 0.15) is 17.3 Å². The van der Waals surface area contributed by atoms with Crippen LogP contribution < -0.4 is 13.1 Å². The van der Waals surface area contributed by atoms with Crippen LogP contribution in [0, 0.1) is 0 Å². The Balaban J connectivity index is 2.01. The van der Waals surface area contributed by atoms with Gasteiger partial charge in [-0.25, -0.2) is 4.98 Å². The third-order valence-electron chi connectivity index (χ3n) is 3.23. The van der Waals surface area contributed by atoms with Crippen molar-refractivity contribution >= 4 is 31.4 Å². The molecule has 0 spiro atoms. The van der Waals surface area contributed by atoms with Crippen molar-refractivity contribution in [3.8, 4) is 28.8 Å². The number of fused-ring (bicyclic) bond motifs is 1. The van der Waals surface area contributed by atoms with Crippen LogP contribution in [0.15, 0.2) is 30.3 Å². The molecule has 3 aromatic rings. The van der Waals surface area contributed by atoms with Crippen LogP contribution in [0.3, 0.4) is 0 Å². The summed E-state index contributed by atoms with van der Waals surface area (Å²) >= 11 is 0. The molecule has 0 amide bonds. The molecule has 1 aromatic carbocycles. The van der Waals surface area contributed by atoms with Gasteiger partial charge >= 0.3 is 20.2 Å². The van der Waals surface area contributed by atoms with Crippen LogP contribution in [0.5, 0.6) is 17.4 Å². The van der Waals surface area contributed by atoms with Crippen LogP contribution in [0.25, 0.3) is 22.6 Å². The summed E-state index contributed by atoms with van der Waals surface area (Å²) in [5, 5.41) is 0. The number of nitrogens with zero attached hydrogens (tertiary/aromatic N) is 2. The molecule has 2 heterocycles. The van der Waals surface area contributed by atoms with Crippen molar-refractivity contribution < 1.29 is 29.9 Å². The number of hydrogen-bond donors (Lipinski definition) is 1. The number of benzene rings is 1. The molecule has 0 fully saturated rings. The standard InChI is InChI=1S/C15H15N3O7S2/c1-23-12-8-9(24-26(2,19)20)4-5-10(12)14-16-11-6-7-13(17-15(11)18-14)25-27(3,21)22/h4-8H,1-3H3,(H,16,17,18). The number of aromatic nitrogens is 3. The van der Waals surface area contributed by atoms with Gasteiger partial charge < -0.3 is 18.1 Å². The van der Waals surface area contributed by atoms with Crippen LogP contribution in [0.2, 0.25) is 0 Å². The van der Waals surface area contributed by atoms with E-state index in [4.69, 9.17) is 13.1 Å². The van der Waals surface area contributed by atoms with Gasteiger partial charge in [-0.15, -0.1) is 0 Å². The third kappa shape index (κ3) is 4.65. The van der Waals surface area contributed by atoms with E-state index in [0.29, 0.717) is 22.7 Å². The highest BCUT2D eigenvalue weighted by Crippen LogP contribution is 2.33. The molecule has 0 atom stereocenters. The second kappa shape index (κ2) is 6.70. The molecule has 0 radical (unpaired) electrons. The fraction of sp³-hybridized carbons (Fsp3) is 0.200. The Bertz CT molecular complexity index is 1220. The molecule has 1 N–H and O–H groups in total. The summed E-state index contributed by atoms with van der Waals surface area (Å²) in [6.07, 6.45) is 1.86. The van der Waals surface area contributed by atoms with E-state index >= 15 is 0 Å². The molecule has 27 heavy (non-hydrogen) atoms. The maximum absolute atomic E-state index is 11.3. The summed E-state index contributed by atoms with van der Waals surface area (Å²) in [4.78, 5) is 11.4. The first-order valence-corrected chi connectivity index (χ1v) is 11.0. The first kappa shape index (κ1) is 18.9. The second-order valence-corrected chi connectivity index (χ2v) is 8.69. The van der Waals surface area contributed by atoms with Gasteiger partial charge in [-0.05, 0) is 18.2 Å². The van der Waals surface area contributed by atoms with E-state index in [9.17, 15) is 16.8 Å². The normalized spacial score (nSPS) is 12.1. The molecule has 10 nitrogen and oxygen atoms in total. The van der Waals surface area contributed by atoms with Gasteiger partial charge in [-0.2, -0.15) is 21.8 Å². The van der Waals surface area contributed by atoms with Gasteiger partial charge in [0.2, 0.25) is 5.88 Å². The Kier molecular flexibility index (Phi) is 4.70. The lowest BCUT2D eigenvalue weighted by molar-refractivity contribution is 0.413. The van der Waals surface area contributed by atoms with Gasteiger partial charge in [0, 0.05) is 12.1 Å². The van der Waals surface area contributed by atoms with Crippen LogP contribution in [-0.4, -0.2) is 51.4 Å². The zero-order chi connectivity index (χ0) is 19.8. The summed E-state index contributed by atoms with van der Waals surface area (Å²) < 4.78 is 59.8. The van der Waals surface area contributed by atoms with Crippen molar-refractivity contribution in [3.63, 3.8) is 0 Å². The number of imidazole rings is 1. The quantitative estimate of drug-likeness (QED) is 0.593. The van der Waals surface area contributed by atoms with Crippen LogP contribution >= 0.6 is 0 Å². The van der Waals surface area contributed by atoms with Gasteiger partial charge in [-0.3, -0.25) is 0 Å². The summed E-state index contributed by atoms with van der Waals surface area (Å²) in [6, 6.07) is 7.41. The molecule has 0 unspecified atom stereocenters. The molecule has 0 aliphatic carbocycles. The van der Waals surface area contributed by atoms with E-state index in [0.717, 1.165) is 12.5 Å². The van der Waals surface area contributed by atoms with Crippen LogP contribution in [0.4, 0.5) is 0 Å². The monoisotopic (exact) mass is 413 g/mol. The number of methoxy groups -OCH3 is 1. The fourth-order valence-corrected chi connectivity index (χ4v) is 3.15. The largest absolute Gasteiger partial charge is 0.496 e. The van der Waals surface area contributed by atoms with E-state index in [1.807, 2.05) is 0 Å². The summed E-state index contributed by atoms with van der Waals surface area (Å²) in [5.74, 6) is 0.697. The number of aromatic amines is 1. The molecule has 0 aliphatic rings. The van der Waals surface area contributed by atoms with Crippen molar-refractivity contribution in [2.45, 2.75) is 0 Å². The maximum Gasteiger partial charge on any atom is 0.307 e. The highest BCUT2D eigenvalue weighted by molar-refractivity contribution is 7.86. The van der Waals surface area contributed by atoms with E-state index in [2.05, 4.69) is 15.0 Å². The zero-order valence-corrected chi connectivity index (χ0v) is 16.1. The number of ether oxygens (including phenoxy) is 1. The zero-order valence-electron chi connectivity index (χ0n) is 14.5. The lowest BCUT2D eigenvalue weighted by atomic mass is 10.2. The minimum atomic E-state index is -3.71. The molecule has 2 aromatic heterocycles. The lowest BCUT2D eigenvalue weighted by Gasteiger charge is -2.09. The SMILES string of the molecule is COc1cc(OS(C)(=O)=O)ccc1-c1nc2nc(OS(C)(=O)=O)ccc2[nH]1. The van der Waals surface area contributed by atoms with Crippen molar-refractivity contribution in [1.29, 1.82) is 0 Å². The van der Waals surface area contributed by atoms with Gasteiger partial charge in [0.25, 0.3) is 0 Å². The van der Waals surface area contributed by atoms with Gasteiger partial charge in [0.15, 0.2) is 5.65 Å². The predicted molar refractivity (Wildman–Crippen MR) is 96.8 cm³/mol. The Morgan fingerprint density at radius 2 is 1.63 bits per heavy atom. The Labute approximate surface area is 155 Å². The topological polar surface area (TPSA) is 138 Å². The van der Waals surface area contributed by atoms with Crippen molar-refractivity contribution in [1.82, 2.24) is 15.0 Å². The minimum Gasteiger partial charge on any atom is -0.496 e. The van der Waals surface area contributed by atoms with Crippen molar-refractivity contribution in [3.05, 3.63) is 30.3 Å². The molecule has 144 valence electrons. The third-order valence-corrected chi connectivity index (χ3v) is 4.20. The number of hydrogen-bond acceptors (Lipinski definition) is 9. The first-order chi connectivity index (χ1) is 12.5. The highest BCUT2D eigenvalue weighted by Gasteiger charge is 2.15. The highest BCUT2D eigenvalue weighted by atomic mass is 32.2. The van der Waals surface area contributed by atoms with E-state index in [-0.39, 0.29) is 17.3 Å². The fourth-order valence-electron chi connectivity index (χ4n) is 2.30. The summed E-state index contributed by atoms with van der Waals surface area (Å²) in [7, 11) is -5.96. The Morgan fingerprint density at radius 1 is 0.926 bits per heavy atom. The first-order valence-electron chi connectivity index (χ1n) is 7.38. The number of pyridine rings is 1. The average Bonchev–Trinajstić information content (AvgIpc) is 2.94. The van der Waals surface area contributed by atoms with E-state index < -0.39 is 20.2 Å². The Morgan fingerprint density at radius 3 is 2.26 bits per heavy atom. The number of H-pyrrole nitrogens is 1. The van der Waals surface area contributed by atoms with E-state index in [1.54, 1.807) is 12.1 Å².